The van der Waals surface area contributed by atoms with Crippen LogP contribution in [0, 0.1) is 5.92 Å². The van der Waals surface area contributed by atoms with Gasteiger partial charge >= 0.3 is 5.97 Å². The van der Waals surface area contributed by atoms with E-state index in [2.05, 4.69) is 17.3 Å². The first-order valence-corrected chi connectivity index (χ1v) is 6.10. The summed E-state index contributed by atoms with van der Waals surface area (Å²) in [5, 5.41) is 3.09. The maximum absolute atomic E-state index is 11.4. The maximum Gasteiger partial charge on any atom is 0.309 e. The smallest absolute Gasteiger partial charge is 0.309 e. The molecular formula is C11H17NO2S. The molecule has 0 aliphatic carbocycles. The number of ether oxygens (including phenoxy) is 1. The third-order valence-electron chi connectivity index (χ3n) is 2.41. The maximum atomic E-state index is 11.4. The number of carbonyl (C=O) groups is 1. The third kappa shape index (κ3) is 3.30. The van der Waals surface area contributed by atoms with Crippen LogP contribution in [0.2, 0.25) is 0 Å². The zero-order valence-corrected chi connectivity index (χ0v) is 10.3. The van der Waals surface area contributed by atoms with Gasteiger partial charge in [-0.05, 0) is 12.8 Å². The minimum Gasteiger partial charge on any atom is -0.469 e. The Morgan fingerprint density at radius 1 is 1.60 bits per heavy atom. The van der Waals surface area contributed by atoms with Gasteiger partial charge in [-0.1, -0.05) is 13.8 Å². The number of esters is 1. The second kappa shape index (κ2) is 5.85. The molecule has 0 aliphatic rings. The summed E-state index contributed by atoms with van der Waals surface area (Å²) in [7, 11) is 1.43. The van der Waals surface area contributed by atoms with Crippen molar-refractivity contribution in [1.29, 1.82) is 0 Å². The summed E-state index contributed by atoms with van der Waals surface area (Å²) in [4.78, 5) is 15.8. The van der Waals surface area contributed by atoms with Crippen LogP contribution in [0.15, 0.2) is 5.38 Å². The summed E-state index contributed by atoms with van der Waals surface area (Å²) in [6.07, 6.45) is 2.45. The van der Waals surface area contributed by atoms with Gasteiger partial charge in [0, 0.05) is 11.8 Å². The SMILES string of the molecule is CCc1csc(CC(CC)C(=O)OC)n1. The average Bonchev–Trinajstić information content (AvgIpc) is 2.72. The van der Waals surface area contributed by atoms with Crippen molar-refractivity contribution in [3.05, 3.63) is 16.1 Å². The van der Waals surface area contributed by atoms with Gasteiger partial charge in [-0.3, -0.25) is 4.79 Å². The highest BCUT2D eigenvalue weighted by molar-refractivity contribution is 7.09. The van der Waals surface area contributed by atoms with Gasteiger partial charge in [0.15, 0.2) is 0 Å². The molecule has 0 saturated heterocycles. The van der Waals surface area contributed by atoms with Gasteiger partial charge in [-0.25, -0.2) is 4.98 Å². The molecule has 0 radical (unpaired) electrons. The first-order valence-electron chi connectivity index (χ1n) is 5.22. The van der Waals surface area contributed by atoms with Crippen LogP contribution in [0.5, 0.6) is 0 Å². The van der Waals surface area contributed by atoms with Crippen molar-refractivity contribution in [2.75, 3.05) is 7.11 Å². The summed E-state index contributed by atoms with van der Waals surface area (Å²) in [5.41, 5.74) is 1.11. The Hall–Kier alpha value is -0.900. The van der Waals surface area contributed by atoms with Crippen LogP contribution >= 0.6 is 11.3 Å². The van der Waals surface area contributed by atoms with E-state index >= 15 is 0 Å². The minimum absolute atomic E-state index is 0.0501. The van der Waals surface area contributed by atoms with E-state index in [4.69, 9.17) is 4.74 Å². The lowest BCUT2D eigenvalue weighted by Crippen LogP contribution is -2.17. The lowest BCUT2D eigenvalue weighted by molar-refractivity contribution is -0.145. The van der Waals surface area contributed by atoms with Gasteiger partial charge in [-0.15, -0.1) is 11.3 Å². The Kier molecular flexibility index (Phi) is 4.75. The molecule has 15 heavy (non-hydrogen) atoms. The molecule has 1 atom stereocenters. The fraction of sp³-hybridized carbons (Fsp3) is 0.636. The van der Waals surface area contributed by atoms with E-state index in [9.17, 15) is 4.79 Å². The summed E-state index contributed by atoms with van der Waals surface area (Å²) in [6.45, 7) is 4.08. The molecule has 0 saturated carbocycles. The molecule has 3 nitrogen and oxygen atoms in total. The fourth-order valence-corrected chi connectivity index (χ4v) is 2.34. The van der Waals surface area contributed by atoms with Crippen molar-refractivity contribution in [2.45, 2.75) is 33.1 Å². The molecule has 0 N–H and O–H groups in total. The molecule has 1 unspecified atom stereocenters. The lowest BCUT2D eigenvalue weighted by Gasteiger charge is -2.09. The van der Waals surface area contributed by atoms with Crippen LogP contribution in [0.3, 0.4) is 0 Å². The molecule has 0 bridgehead atoms. The normalized spacial score (nSPS) is 12.5. The van der Waals surface area contributed by atoms with E-state index in [1.807, 2.05) is 6.92 Å². The Balaban J connectivity index is 2.62. The standard InChI is InChI=1S/C11H17NO2S/c1-4-8(11(13)14-3)6-10-12-9(5-2)7-15-10/h7-8H,4-6H2,1-3H3. The molecule has 0 fully saturated rings. The van der Waals surface area contributed by atoms with Crippen LogP contribution in [0.25, 0.3) is 0 Å². The molecule has 84 valence electrons. The molecule has 4 heteroatoms. The molecule has 1 aromatic heterocycles. The van der Waals surface area contributed by atoms with Gasteiger partial charge in [0.1, 0.15) is 0 Å². The lowest BCUT2D eigenvalue weighted by atomic mass is 10.0. The minimum atomic E-state index is -0.134. The molecule has 0 amide bonds. The number of hydrogen-bond donors (Lipinski definition) is 0. The number of aromatic nitrogens is 1. The van der Waals surface area contributed by atoms with Crippen molar-refractivity contribution in [1.82, 2.24) is 4.98 Å². The quantitative estimate of drug-likeness (QED) is 0.725. The highest BCUT2D eigenvalue weighted by Gasteiger charge is 2.18. The van der Waals surface area contributed by atoms with Gasteiger partial charge in [0.05, 0.1) is 23.7 Å². The molecule has 1 heterocycles. The van der Waals surface area contributed by atoms with E-state index < -0.39 is 0 Å². The van der Waals surface area contributed by atoms with E-state index in [-0.39, 0.29) is 11.9 Å². The summed E-state index contributed by atoms with van der Waals surface area (Å²) >= 11 is 1.63. The highest BCUT2D eigenvalue weighted by atomic mass is 32.1. The fourth-order valence-electron chi connectivity index (χ4n) is 1.38. The topological polar surface area (TPSA) is 39.2 Å². The number of aryl methyl sites for hydroxylation is 1. The highest BCUT2D eigenvalue weighted by Crippen LogP contribution is 2.17. The number of carbonyl (C=O) groups excluding carboxylic acids is 1. The summed E-state index contributed by atoms with van der Waals surface area (Å²) < 4.78 is 4.75. The van der Waals surface area contributed by atoms with E-state index in [1.165, 1.54) is 7.11 Å². The zero-order valence-electron chi connectivity index (χ0n) is 9.45. The van der Waals surface area contributed by atoms with Crippen LogP contribution in [0.1, 0.15) is 31.0 Å². The first-order chi connectivity index (χ1) is 7.21. The number of methoxy groups -OCH3 is 1. The Bertz CT molecular complexity index is 322. The third-order valence-corrected chi connectivity index (χ3v) is 3.33. The number of hydrogen-bond acceptors (Lipinski definition) is 4. The van der Waals surface area contributed by atoms with Crippen molar-refractivity contribution in [2.24, 2.45) is 5.92 Å². The Morgan fingerprint density at radius 2 is 2.33 bits per heavy atom. The molecule has 0 aliphatic heterocycles. The van der Waals surface area contributed by atoms with E-state index in [1.54, 1.807) is 11.3 Å². The van der Waals surface area contributed by atoms with Gasteiger partial charge < -0.3 is 4.74 Å². The van der Waals surface area contributed by atoms with Crippen LogP contribution < -0.4 is 0 Å². The van der Waals surface area contributed by atoms with Crippen molar-refractivity contribution in [3.63, 3.8) is 0 Å². The number of thiazole rings is 1. The largest absolute Gasteiger partial charge is 0.469 e. The van der Waals surface area contributed by atoms with Crippen molar-refractivity contribution in [3.8, 4) is 0 Å². The summed E-state index contributed by atoms with van der Waals surface area (Å²) in [5.74, 6) is -0.184. The summed E-state index contributed by atoms with van der Waals surface area (Å²) in [6, 6.07) is 0. The molecule has 1 aromatic rings. The van der Waals surface area contributed by atoms with Gasteiger partial charge in [0.25, 0.3) is 0 Å². The van der Waals surface area contributed by atoms with E-state index in [0.29, 0.717) is 6.42 Å². The Labute approximate surface area is 94.5 Å². The van der Waals surface area contributed by atoms with Crippen molar-refractivity contribution < 1.29 is 9.53 Å². The van der Waals surface area contributed by atoms with Crippen LogP contribution in [-0.4, -0.2) is 18.1 Å². The number of nitrogens with zero attached hydrogens (tertiary/aromatic N) is 1. The Morgan fingerprint density at radius 3 is 2.80 bits per heavy atom. The number of rotatable bonds is 5. The second-order valence-corrected chi connectivity index (χ2v) is 4.36. The average molecular weight is 227 g/mol. The van der Waals surface area contributed by atoms with Crippen molar-refractivity contribution >= 4 is 17.3 Å². The zero-order chi connectivity index (χ0) is 11.3. The van der Waals surface area contributed by atoms with Gasteiger partial charge in [-0.2, -0.15) is 0 Å². The first kappa shape index (κ1) is 12.2. The van der Waals surface area contributed by atoms with Crippen LogP contribution in [0.4, 0.5) is 0 Å². The van der Waals surface area contributed by atoms with Gasteiger partial charge in [0.2, 0.25) is 0 Å². The molecule has 0 aromatic carbocycles. The predicted molar refractivity (Wildman–Crippen MR) is 61.0 cm³/mol. The molecule has 1 rings (SSSR count). The monoisotopic (exact) mass is 227 g/mol. The molecular weight excluding hydrogens is 210 g/mol. The van der Waals surface area contributed by atoms with E-state index in [0.717, 1.165) is 23.5 Å². The predicted octanol–water partition coefficient (Wildman–Crippen LogP) is 2.45. The molecule has 0 spiro atoms. The second-order valence-electron chi connectivity index (χ2n) is 3.42. The van der Waals surface area contributed by atoms with Crippen LogP contribution in [-0.2, 0) is 22.4 Å².